The van der Waals surface area contributed by atoms with E-state index in [-0.39, 0.29) is 0 Å². The minimum atomic E-state index is 0.332. The van der Waals surface area contributed by atoms with Crippen LogP contribution in [-0.2, 0) is 0 Å². The van der Waals surface area contributed by atoms with E-state index in [9.17, 15) is 0 Å². The summed E-state index contributed by atoms with van der Waals surface area (Å²) >= 11 is 0. The predicted molar refractivity (Wildman–Crippen MR) is 82.3 cm³/mol. The van der Waals surface area contributed by atoms with E-state index in [1.165, 1.54) is 0 Å². The zero-order valence-corrected chi connectivity index (χ0v) is 12.2. The standard InChI is InChI=1S/C15H21N5/c1-4-12(3)17-15-18-14(11-16-19-15)20(5-2)13-9-7-6-8-10-13/h6-12H,4-5H2,1-3H3,(H,17,18,19). The second kappa shape index (κ2) is 6.84. The largest absolute Gasteiger partial charge is 0.350 e. The molecule has 1 N–H and O–H groups in total. The lowest BCUT2D eigenvalue weighted by Gasteiger charge is -2.22. The van der Waals surface area contributed by atoms with E-state index in [0.29, 0.717) is 12.0 Å². The highest BCUT2D eigenvalue weighted by molar-refractivity contribution is 5.59. The molecule has 0 saturated heterocycles. The molecule has 0 amide bonds. The molecule has 0 spiro atoms. The highest BCUT2D eigenvalue weighted by Gasteiger charge is 2.11. The van der Waals surface area contributed by atoms with E-state index in [4.69, 9.17) is 0 Å². The second-order valence-electron chi connectivity index (χ2n) is 4.67. The number of benzene rings is 1. The Kier molecular flexibility index (Phi) is 4.87. The summed E-state index contributed by atoms with van der Waals surface area (Å²) in [5.74, 6) is 1.38. The smallest absolute Gasteiger partial charge is 0.244 e. The van der Waals surface area contributed by atoms with E-state index in [2.05, 4.69) is 58.3 Å². The Morgan fingerprint density at radius 1 is 1.20 bits per heavy atom. The monoisotopic (exact) mass is 271 g/mol. The van der Waals surface area contributed by atoms with Crippen molar-refractivity contribution in [2.75, 3.05) is 16.8 Å². The number of aromatic nitrogens is 3. The zero-order chi connectivity index (χ0) is 14.4. The average Bonchev–Trinajstić information content (AvgIpc) is 2.49. The zero-order valence-electron chi connectivity index (χ0n) is 12.2. The van der Waals surface area contributed by atoms with Gasteiger partial charge in [0.1, 0.15) is 0 Å². The maximum atomic E-state index is 4.55. The quantitative estimate of drug-likeness (QED) is 0.874. The summed E-state index contributed by atoms with van der Waals surface area (Å²) in [7, 11) is 0. The fraction of sp³-hybridized carbons (Fsp3) is 0.400. The van der Waals surface area contributed by atoms with Crippen LogP contribution in [0.4, 0.5) is 17.5 Å². The van der Waals surface area contributed by atoms with Crippen molar-refractivity contribution < 1.29 is 0 Å². The van der Waals surface area contributed by atoms with Crippen molar-refractivity contribution in [1.82, 2.24) is 15.2 Å². The van der Waals surface area contributed by atoms with Gasteiger partial charge in [-0.2, -0.15) is 10.1 Å². The summed E-state index contributed by atoms with van der Waals surface area (Å²) in [6.45, 7) is 7.14. The Morgan fingerprint density at radius 2 is 1.95 bits per heavy atom. The summed E-state index contributed by atoms with van der Waals surface area (Å²) in [5.41, 5.74) is 1.10. The van der Waals surface area contributed by atoms with Crippen LogP contribution in [0.1, 0.15) is 27.2 Å². The minimum Gasteiger partial charge on any atom is -0.350 e. The van der Waals surface area contributed by atoms with Crippen LogP contribution in [-0.4, -0.2) is 27.8 Å². The molecule has 2 rings (SSSR count). The summed E-state index contributed by atoms with van der Waals surface area (Å²) in [4.78, 5) is 6.66. The molecule has 1 heterocycles. The van der Waals surface area contributed by atoms with Crippen LogP contribution in [0, 0.1) is 0 Å². The first kappa shape index (κ1) is 14.2. The van der Waals surface area contributed by atoms with Crippen LogP contribution < -0.4 is 10.2 Å². The average molecular weight is 271 g/mol. The van der Waals surface area contributed by atoms with Crippen molar-refractivity contribution in [2.24, 2.45) is 0 Å². The molecule has 5 nitrogen and oxygen atoms in total. The van der Waals surface area contributed by atoms with Crippen LogP contribution >= 0.6 is 0 Å². The molecule has 5 heteroatoms. The molecule has 0 saturated carbocycles. The molecular formula is C15H21N5. The molecule has 1 aromatic heterocycles. The number of rotatable bonds is 6. The summed E-state index contributed by atoms with van der Waals surface area (Å²) in [6, 6.07) is 10.5. The van der Waals surface area contributed by atoms with Crippen LogP contribution in [0.2, 0.25) is 0 Å². The highest BCUT2D eigenvalue weighted by Crippen LogP contribution is 2.22. The van der Waals surface area contributed by atoms with Gasteiger partial charge in [0, 0.05) is 18.3 Å². The Hall–Kier alpha value is -2.17. The molecule has 0 fully saturated rings. The third-order valence-corrected chi connectivity index (χ3v) is 3.19. The number of para-hydroxylation sites is 1. The third-order valence-electron chi connectivity index (χ3n) is 3.19. The first-order valence-electron chi connectivity index (χ1n) is 7.03. The van der Waals surface area contributed by atoms with Gasteiger partial charge >= 0.3 is 0 Å². The molecule has 0 aliphatic rings. The number of hydrogen-bond donors (Lipinski definition) is 1. The lowest BCUT2D eigenvalue weighted by atomic mass is 10.3. The molecule has 1 atom stereocenters. The van der Waals surface area contributed by atoms with Gasteiger partial charge in [0.2, 0.25) is 5.95 Å². The Labute approximate surface area is 120 Å². The summed E-state index contributed by atoms with van der Waals surface area (Å²) in [6.07, 6.45) is 2.71. The van der Waals surface area contributed by atoms with Gasteiger partial charge in [-0.05, 0) is 32.4 Å². The fourth-order valence-corrected chi connectivity index (χ4v) is 1.89. The van der Waals surface area contributed by atoms with Crippen molar-refractivity contribution >= 4 is 17.5 Å². The molecule has 0 aliphatic carbocycles. The molecule has 106 valence electrons. The number of nitrogens with one attached hydrogen (secondary N) is 1. The number of nitrogens with zero attached hydrogens (tertiary/aromatic N) is 4. The molecule has 0 bridgehead atoms. The first-order valence-corrected chi connectivity index (χ1v) is 7.03. The number of anilines is 3. The van der Waals surface area contributed by atoms with Crippen LogP contribution in [0.15, 0.2) is 36.5 Å². The van der Waals surface area contributed by atoms with Gasteiger partial charge in [0.25, 0.3) is 0 Å². The van der Waals surface area contributed by atoms with E-state index < -0.39 is 0 Å². The van der Waals surface area contributed by atoms with Crippen LogP contribution in [0.5, 0.6) is 0 Å². The van der Waals surface area contributed by atoms with Crippen molar-refractivity contribution in [1.29, 1.82) is 0 Å². The molecule has 0 radical (unpaired) electrons. The van der Waals surface area contributed by atoms with Gasteiger partial charge in [-0.1, -0.05) is 25.1 Å². The third kappa shape index (κ3) is 3.44. The highest BCUT2D eigenvalue weighted by atomic mass is 15.3. The van der Waals surface area contributed by atoms with Crippen molar-refractivity contribution in [3.63, 3.8) is 0 Å². The first-order chi connectivity index (χ1) is 9.74. The topological polar surface area (TPSA) is 53.9 Å². The Balaban J connectivity index is 2.24. The van der Waals surface area contributed by atoms with Crippen molar-refractivity contribution in [2.45, 2.75) is 33.2 Å². The van der Waals surface area contributed by atoms with Crippen LogP contribution in [0.25, 0.3) is 0 Å². The fourth-order valence-electron chi connectivity index (χ4n) is 1.89. The minimum absolute atomic E-state index is 0.332. The summed E-state index contributed by atoms with van der Waals surface area (Å²) in [5, 5.41) is 11.3. The van der Waals surface area contributed by atoms with Gasteiger partial charge in [-0.15, -0.1) is 5.10 Å². The van der Waals surface area contributed by atoms with Crippen molar-refractivity contribution in [3.05, 3.63) is 36.5 Å². The maximum absolute atomic E-state index is 4.55. The van der Waals surface area contributed by atoms with E-state index >= 15 is 0 Å². The summed E-state index contributed by atoms with van der Waals surface area (Å²) < 4.78 is 0. The molecule has 20 heavy (non-hydrogen) atoms. The Bertz CT molecular complexity index is 529. The lowest BCUT2D eigenvalue weighted by Crippen LogP contribution is -2.20. The van der Waals surface area contributed by atoms with E-state index in [0.717, 1.165) is 24.5 Å². The SMILES string of the molecule is CCC(C)Nc1nncc(N(CC)c2ccccc2)n1. The Morgan fingerprint density at radius 3 is 2.60 bits per heavy atom. The van der Waals surface area contributed by atoms with E-state index in [1.54, 1.807) is 6.20 Å². The van der Waals surface area contributed by atoms with Gasteiger partial charge in [0.15, 0.2) is 5.82 Å². The predicted octanol–water partition coefficient (Wildman–Crippen LogP) is 3.24. The molecule has 2 aromatic rings. The molecular weight excluding hydrogens is 250 g/mol. The van der Waals surface area contributed by atoms with Gasteiger partial charge in [-0.25, -0.2) is 0 Å². The van der Waals surface area contributed by atoms with Crippen molar-refractivity contribution in [3.8, 4) is 0 Å². The second-order valence-corrected chi connectivity index (χ2v) is 4.67. The number of hydrogen-bond acceptors (Lipinski definition) is 5. The molecule has 0 aliphatic heterocycles. The molecule has 1 unspecified atom stereocenters. The normalized spacial score (nSPS) is 11.9. The van der Waals surface area contributed by atoms with Gasteiger partial charge < -0.3 is 10.2 Å². The molecule has 1 aromatic carbocycles. The maximum Gasteiger partial charge on any atom is 0.244 e. The van der Waals surface area contributed by atoms with Crippen LogP contribution in [0.3, 0.4) is 0 Å². The lowest BCUT2D eigenvalue weighted by molar-refractivity contribution is 0.745. The van der Waals surface area contributed by atoms with E-state index in [1.807, 2.05) is 18.2 Å². The van der Waals surface area contributed by atoms with Gasteiger partial charge in [-0.3, -0.25) is 0 Å². The van der Waals surface area contributed by atoms with Gasteiger partial charge in [0.05, 0.1) is 6.20 Å².